The highest BCUT2D eigenvalue weighted by atomic mass is 16.2. The van der Waals surface area contributed by atoms with Gasteiger partial charge in [-0.05, 0) is 12.0 Å². The third-order valence-corrected chi connectivity index (χ3v) is 2.72. The van der Waals surface area contributed by atoms with Crippen molar-refractivity contribution in [3.63, 3.8) is 0 Å². The molecule has 5 heteroatoms. The van der Waals surface area contributed by atoms with Gasteiger partial charge in [-0.25, -0.2) is 0 Å². The maximum atomic E-state index is 11.3. The molecule has 1 heterocycles. The fourth-order valence-electron chi connectivity index (χ4n) is 1.73. The van der Waals surface area contributed by atoms with Crippen LogP contribution in [0.4, 0.5) is 0 Å². The van der Waals surface area contributed by atoms with E-state index in [-0.39, 0.29) is 11.8 Å². The molecule has 86 valence electrons. The number of imide groups is 1. The highest BCUT2D eigenvalue weighted by Gasteiger charge is 2.22. The van der Waals surface area contributed by atoms with Crippen molar-refractivity contribution in [2.75, 3.05) is 6.54 Å². The third-order valence-electron chi connectivity index (χ3n) is 2.72. The van der Waals surface area contributed by atoms with E-state index >= 15 is 0 Å². The molecule has 1 aliphatic heterocycles. The van der Waals surface area contributed by atoms with Crippen LogP contribution in [-0.2, 0) is 9.59 Å². The van der Waals surface area contributed by atoms with E-state index in [4.69, 9.17) is 5.53 Å². The van der Waals surface area contributed by atoms with E-state index in [1.165, 1.54) is 17.1 Å². The van der Waals surface area contributed by atoms with Crippen LogP contribution in [0.25, 0.3) is 5.53 Å². The molecule has 0 aromatic carbocycles. The predicted octanol–water partition coefficient (Wildman–Crippen LogP) is 0.859. The summed E-state index contributed by atoms with van der Waals surface area (Å²) < 4.78 is 0. The Morgan fingerprint density at radius 1 is 1.18 bits per heavy atom. The molecule has 17 heavy (non-hydrogen) atoms. The second kappa shape index (κ2) is 4.72. The molecule has 0 unspecified atom stereocenters. The van der Waals surface area contributed by atoms with E-state index in [2.05, 4.69) is 4.79 Å². The maximum absolute atomic E-state index is 11.3. The summed E-state index contributed by atoms with van der Waals surface area (Å²) in [5.74, 6) is -0.513. The van der Waals surface area contributed by atoms with E-state index < -0.39 is 0 Å². The van der Waals surface area contributed by atoms with Crippen LogP contribution in [-0.4, -0.2) is 33.8 Å². The predicted molar refractivity (Wildman–Crippen MR) is 60.9 cm³/mol. The molecule has 0 aromatic rings. The standard InChI is InChI=1S/C12H11N3O2/c13-14-10-3-1-9(2-4-10)7-8-15-11(16)5-6-12(15)17/h1-3,5-6H,4,7-8H2. The lowest BCUT2D eigenvalue weighted by atomic mass is 10.0. The van der Waals surface area contributed by atoms with Crippen molar-refractivity contribution >= 4 is 17.5 Å². The SMILES string of the molecule is [N-]=[N+]=C1C=CC(CCN2C(=O)C=CC2=O)=CC1. The van der Waals surface area contributed by atoms with E-state index in [9.17, 15) is 9.59 Å². The molecule has 0 spiro atoms. The molecule has 0 fully saturated rings. The van der Waals surface area contributed by atoms with Crippen molar-refractivity contribution < 1.29 is 14.4 Å². The van der Waals surface area contributed by atoms with Crippen LogP contribution in [0.1, 0.15) is 12.8 Å². The van der Waals surface area contributed by atoms with E-state index in [0.717, 1.165) is 5.57 Å². The first-order valence-electron chi connectivity index (χ1n) is 5.32. The van der Waals surface area contributed by atoms with Gasteiger partial charge in [-0.15, -0.1) is 0 Å². The normalized spacial score (nSPS) is 18.7. The number of carbonyl (C=O) groups excluding carboxylic acids is 2. The number of hydrogen-bond acceptors (Lipinski definition) is 2. The highest BCUT2D eigenvalue weighted by Crippen LogP contribution is 2.13. The Balaban J connectivity index is 1.90. The number of allylic oxidation sites excluding steroid dienone is 3. The minimum atomic E-state index is -0.256. The lowest BCUT2D eigenvalue weighted by Gasteiger charge is -2.14. The summed E-state index contributed by atoms with van der Waals surface area (Å²) in [6.07, 6.45) is 9.23. The van der Waals surface area contributed by atoms with Gasteiger partial charge in [0.1, 0.15) is 0 Å². The fraction of sp³-hybridized carbons (Fsp3) is 0.250. The van der Waals surface area contributed by atoms with Gasteiger partial charge in [0, 0.05) is 24.8 Å². The van der Waals surface area contributed by atoms with Gasteiger partial charge in [0.25, 0.3) is 17.5 Å². The first kappa shape index (κ1) is 11.2. The molecule has 1 aliphatic carbocycles. The summed E-state index contributed by atoms with van der Waals surface area (Å²) in [5.41, 5.74) is 10.2. The summed E-state index contributed by atoms with van der Waals surface area (Å²) in [5, 5.41) is 0. The van der Waals surface area contributed by atoms with Gasteiger partial charge in [-0.3, -0.25) is 14.5 Å². The summed E-state index contributed by atoms with van der Waals surface area (Å²) in [7, 11) is 0. The zero-order valence-corrected chi connectivity index (χ0v) is 9.17. The van der Waals surface area contributed by atoms with Crippen LogP contribution in [0.3, 0.4) is 0 Å². The van der Waals surface area contributed by atoms with E-state index in [0.29, 0.717) is 25.1 Å². The van der Waals surface area contributed by atoms with Crippen LogP contribution in [0.2, 0.25) is 0 Å². The quantitative estimate of drug-likeness (QED) is 0.409. The maximum Gasteiger partial charge on any atom is 0.295 e. The van der Waals surface area contributed by atoms with Crippen molar-refractivity contribution in [3.05, 3.63) is 41.5 Å². The Morgan fingerprint density at radius 2 is 1.88 bits per heavy atom. The van der Waals surface area contributed by atoms with E-state index in [1.54, 1.807) is 6.08 Å². The molecule has 2 rings (SSSR count). The third kappa shape index (κ3) is 2.46. The first-order valence-corrected chi connectivity index (χ1v) is 5.32. The summed E-state index contributed by atoms with van der Waals surface area (Å²) in [6, 6.07) is 0. The molecule has 5 nitrogen and oxygen atoms in total. The molecule has 0 radical (unpaired) electrons. The minimum absolute atomic E-state index is 0.256. The Hall–Kier alpha value is -2.26. The Labute approximate surface area is 98.3 Å². The molecule has 0 saturated heterocycles. The number of rotatable bonds is 3. The van der Waals surface area contributed by atoms with Crippen LogP contribution < -0.4 is 0 Å². The topological polar surface area (TPSA) is 73.8 Å². The summed E-state index contributed by atoms with van der Waals surface area (Å²) in [6.45, 7) is 0.381. The lowest BCUT2D eigenvalue weighted by molar-refractivity contribution is -0.136. The number of hydrogen-bond donors (Lipinski definition) is 0. The lowest BCUT2D eigenvalue weighted by Crippen LogP contribution is -2.31. The van der Waals surface area contributed by atoms with Crippen molar-refractivity contribution in [2.24, 2.45) is 0 Å². The van der Waals surface area contributed by atoms with Crippen molar-refractivity contribution in [1.29, 1.82) is 0 Å². The minimum Gasteiger partial charge on any atom is -0.361 e. The van der Waals surface area contributed by atoms with E-state index in [1.807, 2.05) is 12.2 Å². The molecule has 2 aliphatic rings. The molecular weight excluding hydrogens is 218 g/mol. The molecule has 0 N–H and O–H groups in total. The molecule has 0 bridgehead atoms. The fourth-order valence-corrected chi connectivity index (χ4v) is 1.73. The second-order valence-corrected chi connectivity index (χ2v) is 3.82. The largest absolute Gasteiger partial charge is 0.361 e. The Kier molecular flexibility index (Phi) is 3.12. The monoisotopic (exact) mass is 229 g/mol. The van der Waals surface area contributed by atoms with Gasteiger partial charge in [-0.2, -0.15) is 4.79 Å². The average molecular weight is 229 g/mol. The number of nitrogens with zero attached hydrogens (tertiary/aromatic N) is 3. The van der Waals surface area contributed by atoms with Gasteiger partial charge < -0.3 is 5.53 Å². The first-order chi connectivity index (χ1) is 8.20. The van der Waals surface area contributed by atoms with Gasteiger partial charge >= 0.3 is 0 Å². The van der Waals surface area contributed by atoms with Crippen LogP contribution in [0.15, 0.2) is 36.0 Å². The van der Waals surface area contributed by atoms with Crippen LogP contribution in [0, 0.1) is 0 Å². The van der Waals surface area contributed by atoms with Crippen molar-refractivity contribution in [2.45, 2.75) is 12.8 Å². The Bertz CT molecular complexity index is 490. The average Bonchev–Trinajstić information content (AvgIpc) is 2.67. The van der Waals surface area contributed by atoms with Crippen molar-refractivity contribution in [1.82, 2.24) is 4.90 Å². The number of carbonyl (C=O) groups is 2. The second-order valence-electron chi connectivity index (χ2n) is 3.82. The smallest absolute Gasteiger partial charge is 0.295 e. The van der Waals surface area contributed by atoms with Crippen molar-refractivity contribution in [3.8, 4) is 0 Å². The van der Waals surface area contributed by atoms with Gasteiger partial charge in [-0.1, -0.05) is 12.2 Å². The molecule has 0 saturated carbocycles. The Morgan fingerprint density at radius 3 is 2.41 bits per heavy atom. The zero-order valence-electron chi connectivity index (χ0n) is 9.17. The highest BCUT2D eigenvalue weighted by molar-refractivity contribution is 6.12. The summed E-state index contributed by atoms with van der Waals surface area (Å²) in [4.78, 5) is 26.9. The molecule has 2 amide bonds. The molecule has 0 atom stereocenters. The van der Waals surface area contributed by atoms with Crippen LogP contribution >= 0.6 is 0 Å². The molecule has 0 aromatic heterocycles. The van der Waals surface area contributed by atoms with Gasteiger partial charge in [0.05, 0.1) is 6.42 Å². The summed E-state index contributed by atoms with van der Waals surface area (Å²) >= 11 is 0. The molecular formula is C12H11N3O2. The zero-order chi connectivity index (χ0) is 12.3. The van der Waals surface area contributed by atoms with Gasteiger partial charge in [0.2, 0.25) is 0 Å². The number of amides is 2. The van der Waals surface area contributed by atoms with Gasteiger partial charge in [0.15, 0.2) is 0 Å². The van der Waals surface area contributed by atoms with Crippen LogP contribution in [0.5, 0.6) is 0 Å².